The Morgan fingerprint density at radius 1 is 1.00 bits per heavy atom. The van der Waals surface area contributed by atoms with Crippen LogP contribution in [-0.4, -0.2) is 26.9 Å². The number of benzene rings is 2. The molecule has 2 aromatic carbocycles. The first kappa shape index (κ1) is 18.6. The fourth-order valence-corrected chi connectivity index (χ4v) is 2.23. The van der Waals surface area contributed by atoms with Crippen LogP contribution >= 0.6 is 0 Å². The van der Waals surface area contributed by atoms with Crippen LogP contribution in [0.4, 0.5) is 13.2 Å². The van der Waals surface area contributed by atoms with Gasteiger partial charge in [-0.25, -0.2) is 13.1 Å². The first-order valence-electron chi connectivity index (χ1n) is 6.68. The van der Waals surface area contributed by atoms with Gasteiger partial charge >= 0.3 is 6.36 Å². The first-order valence-corrected chi connectivity index (χ1v) is 8.57. The Kier molecular flexibility index (Phi) is 5.21. The van der Waals surface area contributed by atoms with E-state index in [4.69, 9.17) is 4.74 Å². The molecule has 0 aliphatic rings. The summed E-state index contributed by atoms with van der Waals surface area (Å²) >= 11 is 0. The average molecular weight is 375 g/mol. The summed E-state index contributed by atoms with van der Waals surface area (Å²) < 4.78 is 69.6. The molecule has 1 N–H and O–H groups in total. The van der Waals surface area contributed by atoms with Gasteiger partial charge in [-0.15, -0.1) is 13.2 Å². The molecule has 1 amide bonds. The third kappa shape index (κ3) is 6.34. The van der Waals surface area contributed by atoms with E-state index >= 15 is 0 Å². The second-order valence-corrected chi connectivity index (χ2v) is 6.60. The molecule has 0 fully saturated rings. The monoisotopic (exact) mass is 375 g/mol. The molecule has 0 bridgehead atoms. The van der Waals surface area contributed by atoms with Gasteiger partial charge in [-0.05, 0) is 36.4 Å². The number of ether oxygens (including phenoxy) is 2. The van der Waals surface area contributed by atoms with Crippen molar-refractivity contribution in [3.8, 4) is 17.2 Å². The largest absolute Gasteiger partial charge is 0.573 e. The van der Waals surface area contributed by atoms with Crippen LogP contribution in [0.2, 0.25) is 0 Å². The SMILES string of the molecule is CS(=O)(=O)NC(=O)c1ccc(Oc2cccc(OC(F)(F)F)c2)cc1. The summed E-state index contributed by atoms with van der Waals surface area (Å²) in [6, 6.07) is 10.3. The van der Waals surface area contributed by atoms with Crippen molar-refractivity contribution in [1.82, 2.24) is 4.72 Å². The zero-order valence-electron chi connectivity index (χ0n) is 12.7. The normalized spacial score (nSPS) is 11.7. The molecular formula is C15H12F3NO5S. The van der Waals surface area contributed by atoms with Crippen molar-refractivity contribution in [3.63, 3.8) is 0 Å². The van der Waals surface area contributed by atoms with Gasteiger partial charge in [0.2, 0.25) is 10.0 Å². The average Bonchev–Trinajstić information content (AvgIpc) is 2.44. The van der Waals surface area contributed by atoms with Crippen molar-refractivity contribution in [2.45, 2.75) is 6.36 Å². The molecule has 0 spiro atoms. The van der Waals surface area contributed by atoms with E-state index in [9.17, 15) is 26.4 Å². The van der Waals surface area contributed by atoms with Crippen LogP contribution in [0.3, 0.4) is 0 Å². The number of carbonyl (C=O) groups is 1. The van der Waals surface area contributed by atoms with Gasteiger partial charge in [-0.1, -0.05) is 6.07 Å². The fourth-order valence-electron chi connectivity index (χ4n) is 1.77. The molecule has 0 heterocycles. The number of amides is 1. The summed E-state index contributed by atoms with van der Waals surface area (Å²) in [5.74, 6) is -0.918. The molecule has 0 saturated heterocycles. The maximum atomic E-state index is 12.2. The van der Waals surface area contributed by atoms with Crippen molar-refractivity contribution in [2.75, 3.05) is 6.26 Å². The molecule has 25 heavy (non-hydrogen) atoms. The summed E-state index contributed by atoms with van der Waals surface area (Å²) in [5.41, 5.74) is 0.0759. The Morgan fingerprint density at radius 2 is 1.60 bits per heavy atom. The third-order valence-electron chi connectivity index (χ3n) is 2.67. The molecule has 0 aromatic heterocycles. The summed E-state index contributed by atoms with van der Waals surface area (Å²) in [6.45, 7) is 0. The van der Waals surface area contributed by atoms with Crippen molar-refractivity contribution in [1.29, 1.82) is 0 Å². The lowest BCUT2D eigenvalue weighted by atomic mass is 10.2. The topological polar surface area (TPSA) is 81.7 Å². The van der Waals surface area contributed by atoms with Gasteiger partial charge in [0.05, 0.1) is 6.26 Å². The highest BCUT2D eigenvalue weighted by molar-refractivity contribution is 7.89. The molecule has 0 aliphatic heterocycles. The molecule has 0 atom stereocenters. The molecule has 134 valence electrons. The molecule has 0 aliphatic carbocycles. The highest BCUT2D eigenvalue weighted by Crippen LogP contribution is 2.28. The van der Waals surface area contributed by atoms with Gasteiger partial charge in [0.1, 0.15) is 17.2 Å². The maximum absolute atomic E-state index is 12.2. The predicted octanol–water partition coefficient (Wildman–Crippen LogP) is 3.07. The number of sulfonamides is 1. The molecule has 10 heteroatoms. The second-order valence-electron chi connectivity index (χ2n) is 4.85. The fraction of sp³-hybridized carbons (Fsp3) is 0.133. The molecule has 2 aromatic rings. The smallest absolute Gasteiger partial charge is 0.457 e. The third-order valence-corrected chi connectivity index (χ3v) is 3.23. The van der Waals surface area contributed by atoms with E-state index in [0.29, 0.717) is 0 Å². The minimum absolute atomic E-state index is 0.0759. The zero-order chi connectivity index (χ0) is 18.7. The van der Waals surface area contributed by atoms with Crippen LogP contribution < -0.4 is 14.2 Å². The molecule has 2 rings (SSSR count). The number of rotatable bonds is 5. The highest BCUT2D eigenvalue weighted by Gasteiger charge is 2.31. The minimum atomic E-state index is -4.81. The molecule has 0 radical (unpaired) electrons. The summed E-state index contributed by atoms with van der Waals surface area (Å²) in [4.78, 5) is 11.7. The molecule has 0 saturated carbocycles. The van der Waals surface area contributed by atoms with Gasteiger partial charge < -0.3 is 9.47 Å². The number of halogens is 3. The Balaban J connectivity index is 2.09. The maximum Gasteiger partial charge on any atom is 0.573 e. The van der Waals surface area contributed by atoms with Crippen molar-refractivity contribution in [2.24, 2.45) is 0 Å². The first-order chi connectivity index (χ1) is 11.5. The van der Waals surface area contributed by atoms with Gasteiger partial charge in [-0.2, -0.15) is 0 Å². The zero-order valence-corrected chi connectivity index (χ0v) is 13.5. The van der Waals surface area contributed by atoms with Gasteiger partial charge in [0.25, 0.3) is 5.91 Å². The molecule has 0 unspecified atom stereocenters. The van der Waals surface area contributed by atoms with E-state index in [2.05, 4.69) is 4.74 Å². The van der Waals surface area contributed by atoms with Crippen LogP contribution in [-0.2, 0) is 10.0 Å². The van der Waals surface area contributed by atoms with Crippen LogP contribution in [0, 0.1) is 0 Å². The van der Waals surface area contributed by atoms with Crippen LogP contribution in [0.25, 0.3) is 0 Å². The molecular weight excluding hydrogens is 363 g/mol. The quantitative estimate of drug-likeness (QED) is 0.869. The standard InChI is InChI=1S/C15H12F3NO5S/c1-25(21,22)19-14(20)10-5-7-11(8-6-10)23-12-3-2-4-13(9-12)24-15(16,17)18/h2-9H,1H3,(H,19,20). The van der Waals surface area contributed by atoms with Crippen LogP contribution in [0.15, 0.2) is 48.5 Å². The minimum Gasteiger partial charge on any atom is -0.457 e. The number of alkyl halides is 3. The van der Waals surface area contributed by atoms with Crippen LogP contribution in [0.5, 0.6) is 17.2 Å². The number of carbonyl (C=O) groups excluding carboxylic acids is 1. The van der Waals surface area contributed by atoms with E-state index < -0.39 is 28.0 Å². The summed E-state index contributed by atoms with van der Waals surface area (Å²) in [6.07, 6.45) is -3.97. The Hall–Kier alpha value is -2.75. The van der Waals surface area contributed by atoms with E-state index in [0.717, 1.165) is 18.4 Å². The van der Waals surface area contributed by atoms with E-state index in [1.165, 1.54) is 36.4 Å². The lowest BCUT2D eigenvalue weighted by molar-refractivity contribution is -0.274. The Labute approximate surface area is 141 Å². The lowest BCUT2D eigenvalue weighted by Gasteiger charge is -2.11. The number of nitrogens with one attached hydrogen (secondary N) is 1. The Morgan fingerprint density at radius 3 is 2.16 bits per heavy atom. The second kappa shape index (κ2) is 7.01. The van der Waals surface area contributed by atoms with E-state index in [-0.39, 0.29) is 17.1 Å². The van der Waals surface area contributed by atoms with Crippen molar-refractivity contribution in [3.05, 3.63) is 54.1 Å². The highest BCUT2D eigenvalue weighted by atomic mass is 32.2. The van der Waals surface area contributed by atoms with Gasteiger partial charge in [0.15, 0.2) is 0 Å². The summed E-state index contributed by atoms with van der Waals surface area (Å²) in [7, 11) is -3.69. The van der Waals surface area contributed by atoms with Crippen LogP contribution in [0.1, 0.15) is 10.4 Å². The van der Waals surface area contributed by atoms with Crippen molar-refractivity contribution < 1.29 is 35.9 Å². The van der Waals surface area contributed by atoms with E-state index in [1.807, 2.05) is 0 Å². The summed E-state index contributed by atoms with van der Waals surface area (Å²) in [5, 5.41) is 0. The van der Waals surface area contributed by atoms with E-state index in [1.54, 1.807) is 4.72 Å². The lowest BCUT2D eigenvalue weighted by Crippen LogP contribution is -2.29. The number of hydrogen-bond donors (Lipinski definition) is 1. The predicted molar refractivity (Wildman–Crippen MR) is 82.0 cm³/mol. The van der Waals surface area contributed by atoms with Crippen molar-refractivity contribution >= 4 is 15.9 Å². The Bertz CT molecular complexity index is 863. The number of hydrogen-bond acceptors (Lipinski definition) is 5. The molecule has 6 nitrogen and oxygen atoms in total. The van der Waals surface area contributed by atoms with Gasteiger partial charge in [0, 0.05) is 11.6 Å². The van der Waals surface area contributed by atoms with Gasteiger partial charge in [-0.3, -0.25) is 4.79 Å².